The molecular formula is C16H21NO3. The molecule has 0 radical (unpaired) electrons. The zero-order valence-electron chi connectivity index (χ0n) is 12.0. The van der Waals surface area contributed by atoms with Crippen molar-refractivity contribution in [1.29, 1.82) is 0 Å². The van der Waals surface area contributed by atoms with Crippen molar-refractivity contribution in [2.75, 3.05) is 27.3 Å². The Morgan fingerprint density at radius 1 is 1.20 bits per heavy atom. The number of ether oxygens (including phenoxy) is 2. The average molecular weight is 275 g/mol. The second-order valence-electron chi connectivity index (χ2n) is 4.91. The third-order valence-electron chi connectivity index (χ3n) is 3.66. The van der Waals surface area contributed by atoms with Crippen LogP contribution in [0.1, 0.15) is 18.4 Å². The van der Waals surface area contributed by atoms with Gasteiger partial charge in [0.25, 0.3) is 0 Å². The maximum atomic E-state index is 10.7. The first-order chi connectivity index (χ1) is 9.78. The van der Waals surface area contributed by atoms with Gasteiger partial charge < -0.3 is 19.2 Å². The highest BCUT2D eigenvalue weighted by molar-refractivity contribution is 5.62. The van der Waals surface area contributed by atoms with Gasteiger partial charge in [-0.2, -0.15) is 0 Å². The van der Waals surface area contributed by atoms with Crippen LogP contribution in [0.25, 0.3) is 6.08 Å². The Morgan fingerprint density at radius 2 is 1.95 bits per heavy atom. The molecule has 1 fully saturated rings. The van der Waals surface area contributed by atoms with Gasteiger partial charge in [0.2, 0.25) is 0 Å². The number of rotatable bonds is 5. The second kappa shape index (κ2) is 6.98. The molecule has 0 N–H and O–H groups in total. The topological polar surface area (TPSA) is 38.8 Å². The summed E-state index contributed by atoms with van der Waals surface area (Å²) < 4.78 is 10.7. The molecule has 1 aromatic carbocycles. The predicted octanol–water partition coefficient (Wildman–Crippen LogP) is 2.59. The fourth-order valence-electron chi connectivity index (χ4n) is 2.43. The summed E-state index contributed by atoms with van der Waals surface area (Å²) in [6.07, 6.45) is 7.04. The summed E-state index contributed by atoms with van der Waals surface area (Å²) in [6.45, 7) is 1.85. The van der Waals surface area contributed by atoms with Crippen LogP contribution in [0.2, 0.25) is 0 Å². The maximum Gasteiger partial charge on any atom is 0.167 e. The molecule has 0 amide bonds. The first-order valence-electron chi connectivity index (χ1n) is 6.87. The Kier molecular flexibility index (Phi) is 5.04. The first kappa shape index (κ1) is 14.4. The van der Waals surface area contributed by atoms with Gasteiger partial charge in [0.05, 0.1) is 14.2 Å². The van der Waals surface area contributed by atoms with Gasteiger partial charge >= 0.3 is 0 Å². The normalized spacial score (nSPS) is 16.4. The van der Waals surface area contributed by atoms with Crippen LogP contribution in [0.3, 0.4) is 0 Å². The van der Waals surface area contributed by atoms with Crippen molar-refractivity contribution >= 4 is 12.4 Å². The quantitative estimate of drug-likeness (QED) is 0.774. The lowest BCUT2D eigenvalue weighted by molar-refractivity contribution is -0.112. The van der Waals surface area contributed by atoms with Crippen molar-refractivity contribution in [1.82, 2.24) is 4.90 Å². The Balaban J connectivity index is 2.06. The van der Waals surface area contributed by atoms with E-state index in [0.717, 1.165) is 49.3 Å². The SMILES string of the molecule is COc1cccc(C=CN2CCC(C=O)CC2)c1OC. The van der Waals surface area contributed by atoms with Crippen molar-refractivity contribution in [2.24, 2.45) is 5.92 Å². The average Bonchev–Trinajstić information content (AvgIpc) is 2.52. The number of methoxy groups -OCH3 is 2. The summed E-state index contributed by atoms with van der Waals surface area (Å²) in [5, 5.41) is 0. The van der Waals surface area contributed by atoms with Gasteiger partial charge in [0, 0.05) is 24.6 Å². The Morgan fingerprint density at radius 3 is 2.55 bits per heavy atom. The minimum Gasteiger partial charge on any atom is -0.493 e. The molecular weight excluding hydrogens is 254 g/mol. The summed E-state index contributed by atoms with van der Waals surface area (Å²) in [7, 11) is 3.28. The van der Waals surface area contributed by atoms with E-state index in [4.69, 9.17) is 9.47 Å². The first-order valence-corrected chi connectivity index (χ1v) is 6.87. The van der Waals surface area contributed by atoms with Gasteiger partial charge in [-0.15, -0.1) is 0 Å². The highest BCUT2D eigenvalue weighted by Crippen LogP contribution is 2.31. The summed E-state index contributed by atoms with van der Waals surface area (Å²) in [4.78, 5) is 13.0. The van der Waals surface area contributed by atoms with Gasteiger partial charge in [0.1, 0.15) is 6.29 Å². The van der Waals surface area contributed by atoms with E-state index in [9.17, 15) is 4.79 Å². The number of hydrogen-bond donors (Lipinski definition) is 0. The molecule has 4 heteroatoms. The van der Waals surface area contributed by atoms with E-state index in [1.54, 1.807) is 14.2 Å². The Hall–Kier alpha value is -1.97. The minimum absolute atomic E-state index is 0.228. The van der Waals surface area contributed by atoms with Crippen molar-refractivity contribution in [3.05, 3.63) is 30.0 Å². The third kappa shape index (κ3) is 3.32. The van der Waals surface area contributed by atoms with Crippen LogP contribution in [0.15, 0.2) is 24.4 Å². The Bertz CT molecular complexity index is 477. The molecule has 20 heavy (non-hydrogen) atoms. The van der Waals surface area contributed by atoms with E-state index < -0.39 is 0 Å². The molecule has 108 valence electrons. The number of carbonyl (C=O) groups excluding carboxylic acids is 1. The second-order valence-corrected chi connectivity index (χ2v) is 4.91. The number of benzene rings is 1. The van der Waals surface area contributed by atoms with Gasteiger partial charge in [0.15, 0.2) is 11.5 Å². The van der Waals surface area contributed by atoms with Crippen molar-refractivity contribution in [2.45, 2.75) is 12.8 Å². The van der Waals surface area contributed by atoms with Gasteiger partial charge in [-0.05, 0) is 31.2 Å². The minimum atomic E-state index is 0.228. The molecule has 1 heterocycles. The van der Waals surface area contributed by atoms with Crippen LogP contribution in [0.4, 0.5) is 0 Å². The van der Waals surface area contributed by atoms with Crippen LogP contribution in [0, 0.1) is 5.92 Å². The molecule has 1 saturated heterocycles. The van der Waals surface area contributed by atoms with E-state index in [1.807, 2.05) is 24.3 Å². The van der Waals surface area contributed by atoms with Crippen LogP contribution >= 0.6 is 0 Å². The van der Waals surface area contributed by atoms with Crippen LogP contribution in [-0.4, -0.2) is 38.5 Å². The van der Waals surface area contributed by atoms with E-state index in [-0.39, 0.29) is 5.92 Å². The lowest BCUT2D eigenvalue weighted by atomic mass is 9.99. The highest BCUT2D eigenvalue weighted by Gasteiger charge is 2.16. The fourth-order valence-corrected chi connectivity index (χ4v) is 2.43. The lowest BCUT2D eigenvalue weighted by Gasteiger charge is -2.28. The molecule has 0 aromatic heterocycles. The maximum absolute atomic E-state index is 10.7. The van der Waals surface area contributed by atoms with Gasteiger partial charge in [-0.25, -0.2) is 0 Å². The number of likely N-dealkylation sites (tertiary alicyclic amines) is 1. The number of carbonyl (C=O) groups is 1. The molecule has 2 rings (SSSR count). The summed E-state index contributed by atoms with van der Waals surface area (Å²) in [6, 6.07) is 5.82. The molecule has 1 aromatic rings. The largest absolute Gasteiger partial charge is 0.493 e. The number of aldehydes is 1. The molecule has 0 spiro atoms. The van der Waals surface area contributed by atoms with E-state index in [0.29, 0.717) is 0 Å². The molecule has 0 aliphatic carbocycles. The molecule has 0 unspecified atom stereocenters. The summed E-state index contributed by atoms with van der Waals surface area (Å²) in [5.74, 6) is 1.70. The molecule has 4 nitrogen and oxygen atoms in total. The molecule has 0 bridgehead atoms. The molecule has 1 aliphatic heterocycles. The van der Waals surface area contributed by atoms with Crippen LogP contribution in [0.5, 0.6) is 11.5 Å². The van der Waals surface area contributed by atoms with Crippen molar-refractivity contribution in [3.8, 4) is 11.5 Å². The van der Waals surface area contributed by atoms with Crippen LogP contribution in [-0.2, 0) is 4.79 Å². The lowest BCUT2D eigenvalue weighted by Crippen LogP contribution is -2.29. The number of piperidine rings is 1. The molecule has 0 atom stereocenters. The van der Waals surface area contributed by atoms with Crippen LogP contribution < -0.4 is 9.47 Å². The standard InChI is InChI=1S/C16H21NO3/c1-19-15-5-3-4-14(16(15)20-2)8-11-17-9-6-13(12-18)7-10-17/h3-5,8,11-13H,6-7,9-10H2,1-2H3. The number of hydrogen-bond acceptors (Lipinski definition) is 4. The van der Waals surface area contributed by atoms with Crippen molar-refractivity contribution < 1.29 is 14.3 Å². The summed E-state index contributed by atoms with van der Waals surface area (Å²) in [5.41, 5.74) is 0.990. The number of nitrogens with zero attached hydrogens (tertiary/aromatic N) is 1. The highest BCUT2D eigenvalue weighted by atomic mass is 16.5. The Labute approximate surface area is 120 Å². The number of para-hydroxylation sites is 1. The fraction of sp³-hybridized carbons (Fsp3) is 0.438. The molecule has 1 aliphatic rings. The van der Waals surface area contributed by atoms with E-state index >= 15 is 0 Å². The van der Waals surface area contributed by atoms with Gasteiger partial charge in [-0.1, -0.05) is 12.1 Å². The van der Waals surface area contributed by atoms with Gasteiger partial charge in [-0.3, -0.25) is 0 Å². The monoisotopic (exact) mass is 275 g/mol. The zero-order chi connectivity index (χ0) is 14.4. The van der Waals surface area contributed by atoms with E-state index in [2.05, 4.69) is 11.1 Å². The van der Waals surface area contributed by atoms with E-state index in [1.165, 1.54) is 0 Å². The third-order valence-corrected chi connectivity index (χ3v) is 3.66. The molecule has 0 saturated carbocycles. The summed E-state index contributed by atoms with van der Waals surface area (Å²) >= 11 is 0. The van der Waals surface area contributed by atoms with Crippen molar-refractivity contribution in [3.63, 3.8) is 0 Å². The predicted molar refractivity (Wildman–Crippen MR) is 78.9 cm³/mol. The zero-order valence-corrected chi connectivity index (χ0v) is 12.0. The smallest absolute Gasteiger partial charge is 0.167 e.